The Morgan fingerprint density at radius 3 is 1.93 bits per heavy atom. The first kappa shape index (κ1) is 76.6. The number of aromatic nitrogens is 1. The summed E-state index contributed by atoms with van der Waals surface area (Å²) in [5, 5.41) is 54.0. The number of fused-ring (bicyclic) bond motifs is 6. The molecule has 544 valence electrons. The van der Waals surface area contributed by atoms with Crippen LogP contribution in [0.4, 0.5) is 0 Å². The van der Waals surface area contributed by atoms with Crippen molar-refractivity contribution < 1.29 is 72.2 Å². The smallest absolute Gasteiger partial charge is 0.328 e. The highest BCUT2D eigenvalue weighted by atomic mass is 35.5. The molecule has 1 aromatic heterocycles. The van der Waals surface area contributed by atoms with Gasteiger partial charge in [-0.15, -0.1) is 0 Å². The fraction of sp³-hybridized carbons (Fsp3) is 0.435. The Balaban J connectivity index is 1.23. The number of aromatic amines is 1. The highest BCUT2D eigenvalue weighted by Crippen LogP contribution is 2.24. The molecule has 18 N–H and O–H groups in total. The molecule has 0 saturated carbocycles. The van der Waals surface area contributed by atoms with Crippen molar-refractivity contribution in [2.24, 2.45) is 11.7 Å². The normalized spacial score (nSPS) is 24.0. The molecule has 3 aliphatic rings. The van der Waals surface area contributed by atoms with Gasteiger partial charge in [0.15, 0.2) is 5.96 Å². The molecule has 3 fully saturated rings. The molecule has 33 heteroatoms. The monoisotopic (exact) mass is 1430 g/mol. The van der Waals surface area contributed by atoms with Gasteiger partial charge in [-0.25, -0.2) is 4.79 Å². The lowest BCUT2D eigenvalue weighted by molar-refractivity contribution is -0.145. The van der Waals surface area contributed by atoms with E-state index in [1.165, 1.54) is 17.0 Å². The zero-order valence-corrected chi connectivity index (χ0v) is 57.2. The molecule has 0 spiro atoms. The molecule has 32 nitrogen and oxygen atoms in total. The Hall–Kier alpha value is -11.2. The molecule has 3 aliphatic heterocycles. The van der Waals surface area contributed by atoms with E-state index in [9.17, 15) is 48.3 Å². The summed E-state index contributed by atoms with van der Waals surface area (Å²) in [6.07, 6.45) is -1.35. The number of para-hydroxylation sites is 1. The number of guanidine groups is 1. The maximum Gasteiger partial charge on any atom is 0.328 e. The van der Waals surface area contributed by atoms with Crippen LogP contribution < -0.4 is 74.9 Å². The van der Waals surface area contributed by atoms with Crippen LogP contribution >= 0.6 is 11.6 Å². The van der Waals surface area contributed by atoms with E-state index in [0.29, 0.717) is 32.6 Å². The van der Waals surface area contributed by atoms with Crippen LogP contribution in [0.1, 0.15) is 88.8 Å². The van der Waals surface area contributed by atoms with E-state index in [1.54, 1.807) is 80.7 Å². The van der Waals surface area contributed by atoms with Gasteiger partial charge >= 0.3 is 5.97 Å². The lowest BCUT2D eigenvalue weighted by Crippen LogP contribution is -2.61. The van der Waals surface area contributed by atoms with Gasteiger partial charge in [0.25, 0.3) is 0 Å². The van der Waals surface area contributed by atoms with Crippen LogP contribution in [0.2, 0.25) is 5.02 Å². The number of carboxylic acid groups (broad SMARTS) is 1. The zero-order valence-electron chi connectivity index (χ0n) is 56.5. The molecule has 8 rings (SSSR count). The number of carbonyl (C=O) groups excluding carboxylic acids is 13. The molecular formula is C69H86ClN17O15. The number of halogens is 1. The zero-order chi connectivity index (χ0) is 73.7. The number of hydrogen-bond donors (Lipinski definition) is 17. The molecule has 3 saturated heterocycles. The largest absolute Gasteiger partial charge is 0.480 e. The van der Waals surface area contributed by atoms with Gasteiger partial charge in [-0.2, -0.15) is 0 Å². The fourth-order valence-corrected chi connectivity index (χ4v) is 12.4. The molecule has 0 aliphatic carbocycles. The van der Waals surface area contributed by atoms with E-state index in [1.807, 2.05) is 18.2 Å². The van der Waals surface area contributed by atoms with Crippen molar-refractivity contribution in [3.63, 3.8) is 0 Å². The SMILES string of the molecule is CC(=O)N[C@H]1CC(=O)NCC(=O)NCC[C@H]2NC(=O)[C@H](CC(=O)NC[C@@H](C(=O)O)NC(=O)[C@@H]3CCCN3C(=O)[C@H](CCCNC(=N)N)NC(=O)[C@H](CC(C)C)NC(=O)[C@@H](Cc3ccc4ccccc4c3)NC2=O)NC(=O)[C@@H](Cc2c[nH]c3ccccc23)NC(=O)[C@@H](Cc2ccc(Cl)cc2)NC1=O. The number of hydrogen-bond acceptors (Lipinski definition) is 15. The first-order chi connectivity index (χ1) is 48.7. The van der Waals surface area contributed by atoms with Crippen LogP contribution in [0.3, 0.4) is 0 Å². The van der Waals surface area contributed by atoms with E-state index in [2.05, 4.69) is 74.1 Å². The summed E-state index contributed by atoms with van der Waals surface area (Å²) < 4.78 is 0. The predicted octanol–water partition coefficient (Wildman–Crippen LogP) is -1.68. The molecule has 10 atom stereocenters. The van der Waals surface area contributed by atoms with Gasteiger partial charge in [0.2, 0.25) is 76.8 Å². The highest BCUT2D eigenvalue weighted by Gasteiger charge is 2.42. The predicted molar refractivity (Wildman–Crippen MR) is 372 cm³/mol. The third kappa shape index (κ3) is 22.2. The van der Waals surface area contributed by atoms with Crippen LogP contribution in [-0.2, 0) is 86.4 Å². The number of nitrogens with one attached hydrogen (secondary N) is 15. The maximum atomic E-state index is 15.4. The van der Waals surface area contributed by atoms with Gasteiger partial charge in [-0.1, -0.05) is 98.2 Å². The van der Waals surface area contributed by atoms with Gasteiger partial charge in [-0.05, 0) is 90.1 Å². The van der Waals surface area contributed by atoms with Gasteiger partial charge in [0.05, 0.1) is 19.4 Å². The molecule has 4 heterocycles. The second-order valence-electron chi connectivity index (χ2n) is 25.8. The molecule has 0 unspecified atom stereocenters. The quantitative estimate of drug-likeness (QED) is 0.0335. The van der Waals surface area contributed by atoms with Crippen LogP contribution in [0.25, 0.3) is 21.7 Å². The molecular weight excluding hydrogens is 1340 g/mol. The topological polar surface area (TPSA) is 484 Å². The average Bonchev–Trinajstić information content (AvgIpc) is 1.54. The Labute approximate surface area is 591 Å². The van der Waals surface area contributed by atoms with Gasteiger partial charge < -0.3 is 89.8 Å². The first-order valence-electron chi connectivity index (χ1n) is 33.6. The summed E-state index contributed by atoms with van der Waals surface area (Å²) in [7, 11) is 0. The standard InChI is InChI=1S/C69H86ClN17O15/c1-36(2)26-48-60(93)80-47(14-8-23-74-69(71)72)67(100)87-25-9-15-55(87)66(99)86-54(68(101)102)34-76-56(89)32-53-65(98)79-46(59(92)82-50(62(95)81-48)29-39-16-19-40-10-4-5-11-41(40)27-39)22-24-73-58(91)35-77-57(90)31-52(78-37(3)88)64(97)83-49(28-38-17-20-43(70)21-18-38)61(94)84-51(63(96)85-53)30-42-33-75-45-13-7-6-12-44(42)45/h4-7,10-13,16-21,27,33,36,46-55,75H,8-9,14-15,22-26,28-32,34-35H2,1-3H3,(H,73,91)(H,76,89)(H,77,90)(H,78,88)(H,79,98)(H,80,93)(H,81,95)(H,82,92)(H,83,97)(H,84,94)(H,85,96)(H,86,99)(H,101,102)(H4,71,72,74)/t46-,47+,48+,49-,50-,51-,52+,53+,54+,55+/m1/s1. The van der Waals surface area contributed by atoms with Crippen molar-refractivity contribution >= 4 is 122 Å². The molecule has 2 bridgehead atoms. The Bertz CT molecular complexity index is 3980. The van der Waals surface area contributed by atoms with E-state index < -0.39 is 182 Å². The molecule has 13 amide bonds. The Morgan fingerprint density at radius 1 is 0.627 bits per heavy atom. The number of rotatable bonds is 14. The summed E-state index contributed by atoms with van der Waals surface area (Å²) in [6.45, 7) is 2.62. The lowest BCUT2D eigenvalue weighted by Gasteiger charge is -2.31. The van der Waals surface area contributed by atoms with Gasteiger partial charge in [-0.3, -0.25) is 67.7 Å². The van der Waals surface area contributed by atoms with Crippen LogP contribution in [0.15, 0.2) is 97.2 Å². The number of nitrogens with two attached hydrogens (primary N) is 1. The maximum absolute atomic E-state index is 15.4. The minimum absolute atomic E-state index is 0.0141. The minimum atomic E-state index is -2.06. The second kappa shape index (κ2) is 36.2. The number of carboxylic acids is 1. The summed E-state index contributed by atoms with van der Waals surface area (Å²) in [6, 6.07) is 9.21. The third-order valence-electron chi connectivity index (χ3n) is 17.4. The van der Waals surface area contributed by atoms with E-state index in [4.69, 9.17) is 22.7 Å². The van der Waals surface area contributed by atoms with E-state index in [-0.39, 0.29) is 76.3 Å². The Kier molecular flexibility index (Phi) is 27.2. The summed E-state index contributed by atoms with van der Waals surface area (Å²) in [5.74, 6) is -15.0. The average molecular weight is 1430 g/mol. The van der Waals surface area contributed by atoms with Crippen molar-refractivity contribution in [1.82, 2.24) is 79.0 Å². The van der Waals surface area contributed by atoms with Gasteiger partial charge in [0.1, 0.15) is 60.4 Å². The number of aliphatic carboxylic acids is 1. The van der Waals surface area contributed by atoms with Crippen LogP contribution in [-0.4, -0.2) is 197 Å². The number of H-pyrrole nitrogens is 1. The van der Waals surface area contributed by atoms with Gasteiger partial charge in [0, 0.05) is 74.5 Å². The number of carbonyl (C=O) groups is 14. The highest BCUT2D eigenvalue weighted by molar-refractivity contribution is 6.30. The van der Waals surface area contributed by atoms with E-state index in [0.717, 1.165) is 17.7 Å². The van der Waals surface area contributed by atoms with Crippen molar-refractivity contribution in [1.29, 1.82) is 5.41 Å². The van der Waals surface area contributed by atoms with Crippen LogP contribution in [0.5, 0.6) is 0 Å². The number of nitrogens with zero attached hydrogens (tertiary/aromatic N) is 1. The summed E-state index contributed by atoms with van der Waals surface area (Å²) in [5.41, 5.74) is 7.52. The molecule has 0 radical (unpaired) electrons. The molecule has 4 aromatic carbocycles. The first-order valence-corrected chi connectivity index (χ1v) is 33.9. The third-order valence-corrected chi connectivity index (χ3v) is 17.7. The van der Waals surface area contributed by atoms with Crippen molar-refractivity contribution in [3.8, 4) is 0 Å². The lowest BCUT2D eigenvalue weighted by atomic mass is 9.98. The summed E-state index contributed by atoms with van der Waals surface area (Å²) >= 11 is 6.22. The van der Waals surface area contributed by atoms with Crippen molar-refractivity contribution in [2.75, 3.05) is 32.7 Å². The summed E-state index contributed by atoms with van der Waals surface area (Å²) in [4.78, 5) is 206. The fourth-order valence-electron chi connectivity index (χ4n) is 12.2. The minimum Gasteiger partial charge on any atom is -0.480 e. The molecule has 5 aromatic rings. The second-order valence-corrected chi connectivity index (χ2v) is 26.2. The van der Waals surface area contributed by atoms with E-state index >= 15 is 24.0 Å². The van der Waals surface area contributed by atoms with Crippen molar-refractivity contribution in [3.05, 3.63) is 119 Å². The van der Waals surface area contributed by atoms with Crippen LogP contribution in [0, 0.1) is 11.3 Å². The van der Waals surface area contributed by atoms with Crippen molar-refractivity contribution in [2.45, 2.75) is 152 Å². The number of amides is 13. The Morgan fingerprint density at radius 2 is 1.23 bits per heavy atom. The number of benzene rings is 4. The molecule has 102 heavy (non-hydrogen) atoms.